The zero-order valence-corrected chi connectivity index (χ0v) is 25.5. The van der Waals surface area contributed by atoms with Crippen LogP contribution in [0.15, 0.2) is 40.2 Å². The Kier molecular flexibility index (Phi) is 9.11. The number of Topliss-reactive ketones (excluding diaryl/α,β-unsaturated/α-hetero) is 1. The molecule has 12 heteroatoms. The number of aryl methyl sites for hydroxylation is 1. The van der Waals surface area contributed by atoms with Crippen molar-refractivity contribution in [3.8, 4) is 16.8 Å². The third kappa shape index (κ3) is 5.79. The number of halogens is 1. The number of nitriles is 1. The standard InChI is InChI=1S/C30H35FN6O4S/c1-18(2)15-24(38)30(4,5)37-26(39)25-19(3)27(36-14-13-33-34-36)42-28(25)35(29(37)40)17-20(9-7-8-12-32)22-16-21(31)10-11-23(22)41-6/h10-11,13-14,16,18,20H,7-9,15,17H2,1-6H3/t20-/m0/s1. The molecular formula is C30H35FN6O4S. The number of carbonyl (C=O) groups excluding carboxylic acids is 1. The topological polar surface area (TPSA) is 125 Å². The summed E-state index contributed by atoms with van der Waals surface area (Å²) in [6.45, 7) is 8.84. The normalized spacial score (nSPS) is 12.5. The SMILES string of the molecule is COc1ccc(F)cc1[C@@H](CCCC#N)Cn1c(=O)n(C(C)(C)C(=O)CC(C)C)c(=O)c2c(C)c(-n3ccnn3)sc21. The molecule has 0 radical (unpaired) electrons. The van der Waals surface area contributed by atoms with Gasteiger partial charge in [0, 0.05) is 36.4 Å². The van der Waals surface area contributed by atoms with Crippen LogP contribution >= 0.6 is 11.3 Å². The maximum absolute atomic E-state index is 14.5. The van der Waals surface area contributed by atoms with Crippen molar-refractivity contribution in [2.75, 3.05) is 7.11 Å². The van der Waals surface area contributed by atoms with Crippen molar-refractivity contribution in [3.05, 3.63) is 68.4 Å². The molecule has 0 aliphatic rings. The van der Waals surface area contributed by atoms with Crippen molar-refractivity contribution in [2.24, 2.45) is 5.92 Å². The number of methoxy groups -OCH3 is 1. The van der Waals surface area contributed by atoms with Crippen molar-refractivity contribution in [1.82, 2.24) is 24.1 Å². The molecule has 10 nitrogen and oxygen atoms in total. The molecule has 0 unspecified atom stereocenters. The third-order valence-corrected chi connectivity index (χ3v) is 8.83. The first-order valence-electron chi connectivity index (χ1n) is 13.8. The minimum Gasteiger partial charge on any atom is -0.496 e. The van der Waals surface area contributed by atoms with E-state index in [1.807, 2.05) is 13.8 Å². The van der Waals surface area contributed by atoms with Gasteiger partial charge in [-0.25, -0.2) is 18.4 Å². The van der Waals surface area contributed by atoms with Gasteiger partial charge in [0.05, 0.1) is 31.0 Å². The lowest BCUT2D eigenvalue weighted by Crippen LogP contribution is -2.53. The molecule has 222 valence electrons. The molecule has 0 spiro atoms. The van der Waals surface area contributed by atoms with Crippen LogP contribution in [-0.4, -0.2) is 37.0 Å². The number of rotatable bonds is 12. The number of ketones is 1. The first-order valence-corrected chi connectivity index (χ1v) is 14.6. The Hall–Kier alpha value is -4.11. The van der Waals surface area contributed by atoms with Gasteiger partial charge < -0.3 is 4.74 Å². The summed E-state index contributed by atoms with van der Waals surface area (Å²) in [6, 6.07) is 6.36. The zero-order chi connectivity index (χ0) is 30.8. The van der Waals surface area contributed by atoms with E-state index in [0.29, 0.717) is 44.9 Å². The Balaban J connectivity index is 2.03. The molecule has 1 atom stereocenters. The van der Waals surface area contributed by atoms with E-state index in [1.54, 1.807) is 27.0 Å². The van der Waals surface area contributed by atoms with Crippen LogP contribution in [0.4, 0.5) is 4.39 Å². The maximum atomic E-state index is 14.5. The van der Waals surface area contributed by atoms with Gasteiger partial charge in [0.15, 0.2) is 5.78 Å². The summed E-state index contributed by atoms with van der Waals surface area (Å²) in [5.74, 6) is -0.648. The Morgan fingerprint density at radius 3 is 2.62 bits per heavy atom. The van der Waals surface area contributed by atoms with Gasteiger partial charge in [-0.1, -0.05) is 30.4 Å². The molecule has 0 saturated carbocycles. The minimum atomic E-state index is -1.43. The average molecular weight is 595 g/mol. The molecule has 0 aliphatic heterocycles. The number of thiophene rings is 1. The van der Waals surface area contributed by atoms with E-state index in [4.69, 9.17) is 4.74 Å². The van der Waals surface area contributed by atoms with Crippen molar-refractivity contribution < 1.29 is 13.9 Å². The molecule has 0 amide bonds. The van der Waals surface area contributed by atoms with Crippen LogP contribution in [0.5, 0.6) is 5.75 Å². The van der Waals surface area contributed by atoms with E-state index < -0.39 is 28.5 Å². The van der Waals surface area contributed by atoms with Gasteiger partial charge in [-0.2, -0.15) is 5.26 Å². The summed E-state index contributed by atoms with van der Waals surface area (Å²) < 4.78 is 24.1. The molecular weight excluding hydrogens is 559 g/mol. The highest BCUT2D eigenvalue weighted by molar-refractivity contribution is 7.21. The summed E-state index contributed by atoms with van der Waals surface area (Å²) in [5.41, 5.74) is -1.47. The third-order valence-electron chi connectivity index (χ3n) is 7.53. The van der Waals surface area contributed by atoms with Crippen LogP contribution in [0.3, 0.4) is 0 Å². The fourth-order valence-electron chi connectivity index (χ4n) is 5.29. The number of carbonyl (C=O) groups is 1. The van der Waals surface area contributed by atoms with Crippen LogP contribution < -0.4 is 16.0 Å². The lowest BCUT2D eigenvalue weighted by atomic mass is 9.91. The molecule has 42 heavy (non-hydrogen) atoms. The van der Waals surface area contributed by atoms with Crippen LogP contribution in [0.1, 0.15) is 70.4 Å². The van der Waals surface area contributed by atoms with Crippen molar-refractivity contribution >= 4 is 27.3 Å². The molecule has 1 aromatic carbocycles. The molecule has 0 fully saturated rings. The summed E-state index contributed by atoms with van der Waals surface area (Å²) in [7, 11) is 1.49. The second-order valence-electron chi connectivity index (χ2n) is 11.3. The lowest BCUT2D eigenvalue weighted by Gasteiger charge is -2.28. The molecule has 0 saturated heterocycles. The fraction of sp³-hybridized carbons (Fsp3) is 0.467. The number of aromatic nitrogens is 5. The van der Waals surface area contributed by atoms with Crippen LogP contribution in [0.2, 0.25) is 0 Å². The zero-order valence-electron chi connectivity index (χ0n) is 24.7. The van der Waals surface area contributed by atoms with E-state index in [-0.39, 0.29) is 31.1 Å². The highest BCUT2D eigenvalue weighted by atomic mass is 32.1. The number of nitrogens with zero attached hydrogens (tertiary/aromatic N) is 6. The largest absolute Gasteiger partial charge is 0.496 e. The first kappa shape index (κ1) is 30.8. The average Bonchev–Trinajstić information content (AvgIpc) is 3.58. The Labute approximate surface area is 247 Å². The van der Waals surface area contributed by atoms with Crippen LogP contribution in [-0.2, 0) is 16.9 Å². The number of ether oxygens (including phenoxy) is 1. The van der Waals surface area contributed by atoms with Gasteiger partial charge in [0.25, 0.3) is 5.56 Å². The smallest absolute Gasteiger partial charge is 0.333 e. The van der Waals surface area contributed by atoms with Crippen molar-refractivity contribution in [2.45, 2.75) is 78.3 Å². The van der Waals surface area contributed by atoms with Gasteiger partial charge in [-0.15, -0.1) is 5.10 Å². The number of benzene rings is 1. The molecule has 0 bridgehead atoms. The number of hydrogen-bond donors (Lipinski definition) is 0. The van der Waals surface area contributed by atoms with Gasteiger partial charge in [-0.3, -0.25) is 14.2 Å². The van der Waals surface area contributed by atoms with Crippen molar-refractivity contribution in [3.63, 3.8) is 0 Å². The van der Waals surface area contributed by atoms with E-state index in [0.717, 1.165) is 4.57 Å². The fourth-order valence-corrected chi connectivity index (χ4v) is 6.52. The first-order chi connectivity index (χ1) is 19.9. The van der Waals surface area contributed by atoms with Crippen molar-refractivity contribution in [1.29, 1.82) is 5.26 Å². The summed E-state index contributed by atoms with van der Waals surface area (Å²) >= 11 is 1.22. The van der Waals surface area contributed by atoms with Gasteiger partial charge in [-0.05, 0) is 57.7 Å². The van der Waals surface area contributed by atoms with Gasteiger partial charge in [0.2, 0.25) is 0 Å². The van der Waals surface area contributed by atoms with E-state index in [1.165, 1.54) is 52.1 Å². The highest BCUT2D eigenvalue weighted by Gasteiger charge is 2.36. The molecule has 0 N–H and O–H groups in total. The Morgan fingerprint density at radius 1 is 1.26 bits per heavy atom. The number of hydrogen-bond acceptors (Lipinski definition) is 8. The molecule has 4 rings (SSSR count). The minimum absolute atomic E-state index is 0.0326. The predicted molar refractivity (Wildman–Crippen MR) is 159 cm³/mol. The van der Waals surface area contributed by atoms with Crippen LogP contribution in [0.25, 0.3) is 15.2 Å². The maximum Gasteiger partial charge on any atom is 0.333 e. The highest BCUT2D eigenvalue weighted by Crippen LogP contribution is 2.36. The van der Waals surface area contributed by atoms with E-state index in [2.05, 4.69) is 16.4 Å². The summed E-state index contributed by atoms with van der Waals surface area (Å²) in [5, 5.41) is 18.1. The second kappa shape index (κ2) is 12.4. The van der Waals surface area contributed by atoms with E-state index in [9.17, 15) is 24.0 Å². The van der Waals surface area contributed by atoms with Gasteiger partial charge >= 0.3 is 5.69 Å². The summed E-state index contributed by atoms with van der Waals surface area (Å²) in [6.07, 6.45) is 4.60. The Bertz CT molecular complexity index is 1760. The number of unbranched alkanes of at least 4 members (excludes halogenated alkanes) is 1. The second-order valence-corrected chi connectivity index (χ2v) is 12.3. The number of fused-ring (bicyclic) bond motifs is 1. The van der Waals surface area contributed by atoms with E-state index >= 15 is 0 Å². The molecule has 3 aromatic heterocycles. The lowest BCUT2D eigenvalue weighted by molar-refractivity contribution is -0.127. The quantitative estimate of drug-likeness (QED) is 0.209. The predicted octanol–water partition coefficient (Wildman–Crippen LogP) is 5.09. The molecule has 3 heterocycles. The molecule has 0 aliphatic carbocycles. The van der Waals surface area contributed by atoms with Gasteiger partial charge in [0.1, 0.15) is 26.9 Å². The Morgan fingerprint density at radius 2 is 2.00 bits per heavy atom. The van der Waals surface area contributed by atoms with Crippen LogP contribution in [0, 0.1) is 30.0 Å². The monoisotopic (exact) mass is 594 g/mol. The molecule has 4 aromatic rings. The summed E-state index contributed by atoms with van der Waals surface area (Å²) in [4.78, 5) is 42.3.